The highest BCUT2D eigenvalue weighted by molar-refractivity contribution is 5.69. The molecule has 1 aromatic carbocycles. The van der Waals surface area contributed by atoms with Gasteiger partial charge in [-0.25, -0.2) is 0 Å². The fraction of sp³-hybridized carbons (Fsp3) is 0.533. The standard InChI is InChI=1S/C15H23NO4/c1-18-10-11-19-8-3-9-20-15(17)7-6-13-4-2-5-14(16)12-13/h2,4-5,12H,3,6-11,16H2,1H3. The Morgan fingerprint density at radius 2 is 2.05 bits per heavy atom. The van der Waals surface area contributed by atoms with Crippen LogP contribution in [0.15, 0.2) is 24.3 Å². The lowest BCUT2D eigenvalue weighted by atomic mass is 10.1. The molecule has 0 bridgehead atoms. The van der Waals surface area contributed by atoms with Crippen molar-refractivity contribution in [2.24, 2.45) is 0 Å². The Labute approximate surface area is 120 Å². The molecular weight excluding hydrogens is 258 g/mol. The lowest BCUT2D eigenvalue weighted by Gasteiger charge is -2.06. The van der Waals surface area contributed by atoms with E-state index < -0.39 is 0 Å². The first-order valence-electron chi connectivity index (χ1n) is 6.79. The summed E-state index contributed by atoms with van der Waals surface area (Å²) in [4.78, 5) is 11.5. The predicted molar refractivity (Wildman–Crippen MR) is 77.4 cm³/mol. The van der Waals surface area contributed by atoms with Crippen molar-refractivity contribution in [3.8, 4) is 0 Å². The molecule has 5 heteroatoms. The third-order valence-electron chi connectivity index (χ3n) is 2.70. The number of nitrogen functional groups attached to an aromatic ring is 1. The molecule has 0 saturated carbocycles. The molecule has 0 amide bonds. The third-order valence-corrected chi connectivity index (χ3v) is 2.70. The quantitative estimate of drug-likeness (QED) is 0.402. The zero-order chi connectivity index (χ0) is 14.6. The number of esters is 1. The number of methoxy groups -OCH3 is 1. The van der Waals surface area contributed by atoms with E-state index in [4.69, 9.17) is 19.9 Å². The third kappa shape index (κ3) is 7.76. The molecule has 1 aromatic rings. The monoisotopic (exact) mass is 281 g/mol. The van der Waals surface area contributed by atoms with Crippen LogP contribution in [0.5, 0.6) is 0 Å². The molecule has 0 fully saturated rings. The van der Waals surface area contributed by atoms with Crippen LogP contribution in [0.2, 0.25) is 0 Å². The minimum Gasteiger partial charge on any atom is -0.466 e. The Balaban J connectivity index is 2.03. The molecule has 2 N–H and O–H groups in total. The van der Waals surface area contributed by atoms with E-state index >= 15 is 0 Å². The number of hydrogen-bond donors (Lipinski definition) is 1. The van der Waals surface area contributed by atoms with E-state index in [1.807, 2.05) is 24.3 Å². The maximum Gasteiger partial charge on any atom is 0.306 e. The van der Waals surface area contributed by atoms with Crippen molar-refractivity contribution in [2.75, 3.05) is 39.3 Å². The van der Waals surface area contributed by atoms with Crippen LogP contribution in [0.1, 0.15) is 18.4 Å². The van der Waals surface area contributed by atoms with E-state index in [1.54, 1.807) is 7.11 Å². The number of ether oxygens (including phenoxy) is 3. The average molecular weight is 281 g/mol. The first kappa shape index (κ1) is 16.5. The molecule has 20 heavy (non-hydrogen) atoms. The van der Waals surface area contributed by atoms with Crippen LogP contribution >= 0.6 is 0 Å². The second-order valence-corrected chi connectivity index (χ2v) is 4.42. The normalized spacial score (nSPS) is 10.4. The molecule has 0 radical (unpaired) electrons. The largest absolute Gasteiger partial charge is 0.466 e. The van der Waals surface area contributed by atoms with Gasteiger partial charge in [-0.05, 0) is 24.1 Å². The number of carbonyl (C=O) groups is 1. The van der Waals surface area contributed by atoms with Crippen LogP contribution < -0.4 is 5.73 Å². The number of hydrogen-bond acceptors (Lipinski definition) is 5. The van der Waals surface area contributed by atoms with Crippen molar-refractivity contribution in [1.29, 1.82) is 0 Å². The van der Waals surface area contributed by atoms with Crippen LogP contribution in [0.25, 0.3) is 0 Å². The SMILES string of the molecule is COCCOCCCOC(=O)CCc1cccc(N)c1. The molecule has 5 nitrogen and oxygen atoms in total. The van der Waals surface area contributed by atoms with Crippen molar-refractivity contribution in [2.45, 2.75) is 19.3 Å². The van der Waals surface area contributed by atoms with Gasteiger partial charge >= 0.3 is 5.97 Å². The summed E-state index contributed by atoms with van der Waals surface area (Å²) < 4.78 is 15.2. The lowest BCUT2D eigenvalue weighted by molar-refractivity contribution is -0.144. The summed E-state index contributed by atoms with van der Waals surface area (Å²) in [5.74, 6) is -0.190. The maximum atomic E-state index is 11.5. The van der Waals surface area contributed by atoms with Crippen molar-refractivity contribution >= 4 is 11.7 Å². The van der Waals surface area contributed by atoms with Gasteiger partial charge in [0.15, 0.2) is 0 Å². The maximum absolute atomic E-state index is 11.5. The van der Waals surface area contributed by atoms with E-state index in [9.17, 15) is 4.79 Å². The fourth-order valence-electron chi connectivity index (χ4n) is 1.66. The van der Waals surface area contributed by atoms with Crippen LogP contribution in [0.4, 0.5) is 5.69 Å². The molecule has 0 atom stereocenters. The number of anilines is 1. The Bertz CT molecular complexity index is 395. The second kappa shape index (κ2) is 10.2. The molecular formula is C15H23NO4. The van der Waals surface area contributed by atoms with Crippen LogP contribution in [0.3, 0.4) is 0 Å². The van der Waals surface area contributed by atoms with Crippen LogP contribution in [-0.2, 0) is 25.4 Å². The minimum atomic E-state index is -0.190. The number of rotatable bonds is 10. The lowest BCUT2D eigenvalue weighted by Crippen LogP contribution is -2.10. The molecule has 1 rings (SSSR count). The number of aryl methyl sites for hydroxylation is 1. The average Bonchev–Trinajstić information content (AvgIpc) is 2.44. The van der Waals surface area contributed by atoms with E-state index in [0.717, 1.165) is 5.56 Å². The van der Waals surface area contributed by atoms with Crippen molar-refractivity contribution in [3.05, 3.63) is 29.8 Å². The van der Waals surface area contributed by atoms with Gasteiger partial charge in [-0.2, -0.15) is 0 Å². The Kier molecular flexibility index (Phi) is 8.42. The molecule has 0 aliphatic rings. The van der Waals surface area contributed by atoms with E-state index in [1.165, 1.54) is 0 Å². The van der Waals surface area contributed by atoms with Gasteiger partial charge in [-0.1, -0.05) is 12.1 Å². The Morgan fingerprint density at radius 3 is 2.80 bits per heavy atom. The van der Waals surface area contributed by atoms with Gasteiger partial charge in [0.1, 0.15) is 0 Å². The summed E-state index contributed by atoms with van der Waals surface area (Å²) >= 11 is 0. The summed E-state index contributed by atoms with van der Waals surface area (Å²) in [6.07, 6.45) is 1.72. The van der Waals surface area contributed by atoms with E-state index in [-0.39, 0.29) is 5.97 Å². The summed E-state index contributed by atoms with van der Waals surface area (Å²) in [6, 6.07) is 7.53. The van der Waals surface area contributed by atoms with Gasteiger partial charge in [-0.3, -0.25) is 4.79 Å². The number of carbonyl (C=O) groups excluding carboxylic acids is 1. The van der Waals surface area contributed by atoms with Crippen LogP contribution in [0, 0.1) is 0 Å². The first-order chi connectivity index (χ1) is 9.72. The van der Waals surface area contributed by atoms with Gasteiger partial charge < -0.3 is 19.9 Å². The van der Waals surface area contributed by atoms with Gasteiger partial charge in [0.25, 0.3) is 0 Å². The topological polar surface area (TPSA) is 70.8 Å². The van der Waals surface area contributed by atoms with Crippen molar-refractivity contribution in [1.82, 2.24) is 0 Å². The highest BCUT2D eigenvalue weighted by atomic mass is 16.5. The molecule has 112 valence electrons. The molecule has 0 aromatic heterocycles. The Morgan fingerprint density at radius 1 is 1.20 bits per heavy atom. The molecule has 0 unspecified atom stereocenters. The Hall–Kier alpha value is -1.59. The highest BCUT2D eigenvalue weighted by Crippen LogP contribution is 2.09. The minimum absolute atomic E-state index is 0.190. The molecule has 0 spiro atoms. The predicted octanol–water partition coefficient (Wildman–Crippen LogP) is 1.80. The highest BCUT2D eigenvalue weighted by Gasteiger charge is 2.03. The second-order valence-electron chi connectivity index (χ2n) is 4.42. The van der Waals surface area contributed by atoms with Crippen molar-refractivity contribution < 1.29 is 19.0 Å². The van der Waals surface area contributed by atoms with Gasteiger partial charge in [0.2, 0.25) is 0 Å². The summed E-state index contributed by atoms with van der Waals surface area (Å²) in [5, 5.41) is 0. The van der Waals surface area contributed by atoms with Gasteiger partial charge in [0.05, 0.1) is 19.8 Å². The fourth-order valence-corrected chi connectivity index (χ4v) is 1.66. The van der Waals surface area contributed by atoms with Crippen LogP contribution in [-0.4, -0.2) is 39.5 Å². The number of benzene rings is 1. The van der Waals surface area contributed by atoms with Gasteiger partial charge in [0, 0.05) is 32.2 Å². The van der Waals surface area contributed by atoms with Crippen molar-refractivity contribution in [3.63, 3.8) is 0 Å². The molecule has 0 heterocycles. The first-order valence-corrected chi connectivity index (χ1v) is 6.79. The summed E-state index contributed by atoms with van der Waals surface area (Å²) in [7, 11) is 1.63. The molecule has 0 aliphatic carbocycles. The number of nitrogens with two attached hydrogens (primary N) is 1. The zero-order valence-corrected chi connectivity index (χ0v) is 12.0. The summed E-state index contributed by atoms with van der Waals surface area (Å²) in [6.45, 7) is 2.12. The summed E-state index contributed by atoms with van der Waals surface area (Å²) in [5.41, 5.74) is 7.43. The molecule has 0 aliphatic heterocycles. The van der Waals surface area contributed by atoms with Gasteiger partial charge in [-0.15, -0.1) is 0 Å². The molecule has 0 saturated heterocycles. The van der Waals surface area contributed by atoms with E-state index in [2.05, 4.69) is 0 Å². The smallest absolute Gasteiger partial charge is 0.306 e. The zero-order valence-electron chi connectivity index (χ0n) is 12.0. The van der Waals surface area contributed by atoms with E-state index in [0.29, 0.717) is 51.4 Å².